The topological polar surface area (TPSA) is 13.1 Å². The Bertz CT molecular complexity index is 651. The highest BCUT2D eigenvalue weighted by atomic mass is 16.3. The van der Waals surface area contributed by atoms with E-state index in [4.69, 9.17) is 4.42 Å². The van der Waals surface area contributed by atoms with Crippen LogP contribution in [0, 0.1) is 6.92 Å². The molecule has 88 valence electrons. The molecule has 0 fully saturated rings. The van der Waals surface area contributed by atoms with Crippen molar-refractivity contribution in [3.05, 3.63) is 72.5 Å². The van der Waals surface area contributed by atoms with Crippen molar-refractivity contribution in [2.75, 3.05) is 0 Å². The third kappa shape index (κ3) is 1.95. The Balaban J connectivity index is 2.10. The Morgan fingerprint density at radius 2 is 1.61 bits per heavy atom. The molecule has 0 saturated heterocycles. The van der Waals surface area contributed by atoms with Crippen LogP contribution in [0.25, 0.3) is 22.5 Å². The lowest BCUT2D eigenvalue weighted by Crippen LogP contribution is -1.83. The fourth-order valence-corrected chi connectivity index (χ4v) is 2.18. The monoisotopic (exact) mass is 234 g/mol. The second kappa shape index (κ2) is 4.53. The van der Waals surface area contributed by atoms with Crippen molar-refractivity contribution in [2.24, 2.45) is 0 Å². The molecule has 1 heteroatoms. The highest BCUT2D eigenvalue weighted by molar-refractivity contribution is 5.72. The fourth-order valence-electron chi connectivity index (χ4n) is 2.18. The first-order chi connectivity index (χ1) is 8.84. The van der Waals surface area contributed by atoms with Crippen LogP contribution in [0.5, 0.6) is 0 Å². The molecule has 0 aliphatic rings. The van der Waals surface area contributed by atoms with Gasteiger partial charge in [0.25, 0.3) is 0 Å². The lowest BCUT2D eigenvalue weighted by molar-refractivity contribution is 0.582. The molecule has 0 unspecified atom stereocenters. The van der Waals surface area contributed by atoms with Crippen LogP contribution in [0.3, 0.4) is 0 Å². The summed E-state index contributed by atoms with van der Waals surface area (Å²) in [5.74, 6) is 0.908. The fraction of sp³-hybridized carbons (Fsp3) is 0.0588. The zero-order chi connectivity index (χ0) is 12.4. The molecule has 0 aliphatic heterocycles. The number of hydrogen-bond acceptors (Lipinski definition) is 1. The molecule has 1 aromatic heterocycles. The molecular weight excluding hydrogens is 220 g/mol. The van der Waals surface area contributed by atoms with Gasteiger partial charge in [-0.05, 0) is 41.8 Å². The van der Waals surface area contributed by atoms with Gasteiger partial charge >= 0.3 is 0 Å². The van der Waals surface area contributed by atoms with Crippen molar-refractivity contribution in [1.29, 1.82) is 0 Å². The molecule has 0 spiro atoms. The van der Waals surface area contributed by atoms with Gasteiger partial charge < -0.3 is 4.42 Å². The van der Waals surface area contributed by atoms with E-state index in [0.717, 1.165) is 11.3 Å². The van der Waals surface area contributed by atoms with Crippen LogP contribution in [0.15, 0.2) is 71.3 Å². The van der Waals surface area contributed by atoms with E-state index in [-0.39, 0.29) is 0 Å². The van der Waals surface area contributed by atoms with Crippen molar-refractivity contribution < 1.29 is 4.42 Å². The van der Waals surface area contributed by atoms with E-state index in [2.05, 4.69) is 55.5 Å². The number of rotatable bonds is 2. The van der Waals surface area contributed by atoms with Crippen LogP contribution >= 0.6 is 0 Å². The van der Waals surface area contributed by atoms with Crippen LogP contribution in [-0.4, -0.2) is 0 Å². The smallest absolute Gasteiger partial charge is 0.133 e. The standard InChI is InChI=1S/C17H14O/c1-13-6-2-3-9-16(13)14-7-4-8-15(12-14)17-10-5-11-18-17/h2-12H,1H3. The van der Waals surface area contributed by atoms with Gasteiger partial charge in [0.1, 0.15) is 5.76 Å². The molecule has 0 amide bonds. The van der Waals surface area contributed by atoms with E-state index in [0.29, 0.717) is 0 Å². The Hall–Kier alpha value is -2.28. The van der Waals surface area contributed by atoms with Gasteiger partial charge in [-0.2, -0.15) is 0 Å². The molecule has 2 aromatic carbocycles. The summed E-state index contributed by atoms with van der Waals surface area (Å²) in [7, 11) is 0. The summed E-state index contributed by atoms with van der Waals surface area (Å²) in [5, 5.41) is 0. The predicted octanol–water partition coefficient (Wildman–Crippen LogP) is 4.92. The Kier molecular flexibility index (Phi) is 2.73. The molecule has 0 atom stereocenters. The molecule has 1 nitrogen and oxygen atoms in total. The van der Waals surface area contributed by atoms with E-state index in [9.17, 15) is 0 Å². The highest BCUT2D eigenvalue weighted by Crippen LogP contribution is 2.28. The third-order valence-corrected chi connectivity index (χ3v) is 3.12. The molecule has 3 aromatic rings. The average Bonchev–Trinajstić information content (AvgIpc) is 2.93. The minimum Gasteiger partial charge on any atom is -0.464 e. The van der Waals surface area contributed by atoms with Crippen molar-refractivity contribution in [3.8, 4) is 22.5 Å². The number of hydrogen-bond donors (Lipinski definition) is 0. The predicted molar refractivity (Wildman–Crippen MR) is 74.3 cm³/mol. The summed E-state index contributed by atoms with van der Waals surface area (Å²) in [6.45, 7) is 2.13. The SMILES string of the molecule is Cc1ccccc1-c1cccc(-c2ccco2)c1. The van der Waals surface area contributed by atoms with Gasteiger partial charge in [0, 0.05) is 5.56 Å². The van der Waals surface area contributed by atoms with E-state index in [1.54, 1.807) is 6.26 Å². The first-order valence-electron chi connectivity index (χ1n) is 6.04. The average molecular weight is 234 g/mol. The number of aryl methyl sites for hydroxylation is 1. The van der Waals surface area contributed by atoms with Crippen molar-refractivity contribution in [3.63, 3.8) is 0 Å². The van der Waals surface area contributed by atoms with Gasteiger partial charge in [-0.1, -0.05) is 42.5 Å². The van der Waals surface area contributed by atoms with Gasteiger partial charge in [0.2, 0.25) is 0 Å². The molecule has 18 heavy (non-hydrogen) atoms. The molecule has 0 bridgehead atoms. The molecular formula is C17H14O. The first kappa shape index (κ1) is 10.8. The number of benzene rings is 2. The Labute approximate surface area is 107 Å². The summed E-state index contributed by atoms with van der Waals surface area (Å²) < 4.78 is 5.44. The van der Waals surface area contributed by atoms with Crippen LogP contribution in [0.2, 0.25) is 0 Å². The van der Waals surface area contributed by atoms with Crippen molar-refractivity contribution in [2.45, 2.75) is 6.92 Å². The summed E-state index contributed by atoms with van der Waals surface area (Å²) in [4.78, 5) is 0. The summed E-state index contributed by atoms with van der Waals surface area (Å²) in [5.41, 5.74) is 4.89. The minimum absolute atomic E-state index is 0.908. The minimum atomic E-state index is 0.908. The summed E-state index contributed by atoms with van der Waals surface area (Å²) in [6, 6.07) is 20.8. The molecule has 0 saturated carbocycles. The second-order valence-electron chi connectivity index (χ2n) is 4.37. The van der Waals surface area contributed by atoms with Gasteiger partial charge in [-0.25, -0.2) is 0 Å². The van der Waals surface area contributed by atoms with Gasteiger partial charge in [-0.3, -0.25) is 0 Å². The summed E-state index contributed by atoms with van der Waals surface area (Å²) in [6.07, 6.45) is 1.70. The zero-order valence-corrected chi connectivity index (χ0v) is 10.3. The lowest BCUT2D eigenvalue weighted by Gasteiger charge is -2.07. The van der Waals surface area contributed by atoms with Gasteiger partial charge in [-0.15, -0.1) is 0 Å². The van der Waals surface area contributed by atoms with E-state index in [1.165, 1.54) is 16.7 Å². The van der Waals surface area contributed by atoms with Crippen LogP contribution in [0.1, 0.15) is 5.56 Å². The van der Waals surface area contributed by atoms with E-state index in [1.807, 2.05) is 12.1 Å². The van der Waals surface area contributed by atoms with Crippen molar-refractivity contribution >= 4 is 0 Å². The van der Waals surface area contributed by atoms with Crippen LogP contribution in [-0.2, 0) is 0 Å². The Morgan fingerprint density at radius 3 is 2.39 bits per heavy atom. The quantitative estimate of drug-likeness (QED) is 0.613. The third-order valence-electron chi connectivity index (χ3n) is 3.12. The maximum atomic E-state index is 5.44. The Morgan fingerprint density at radius 1 is 0.778 bits per heavy atom. The molecule has 0 aliphatic carbocycles. The van der Waals surface area contributed by atoms with Crippen LogP contribution < -0.4 is 0 Å². The lowest BCUT2D eigenvalue weighted by atomic mass is 9.98. The van der Waals surface area contributed by atoms with E-state index < -0.39 is 0 Å². The largest absolute Gasteiger partial charge is 0.464 e. The maximum absolute atomic E-state index is 5.44. The van der Waals surface area contributed by atoms with E-state index >= 15 is 0 Å². The normalized spacial score (nSPS) is 10.5. The first-order valence-corrected chi connectivity index (χ1v) is 6.04. The summed E-state index contributed by atoms with van der Waals surface area (Å²) >= 11 is 0. The molecule has 0 N–H and O–H groups in total. The van der Waals surface area contributed by atoms with Gasteiger partial charge in [0.15, 0.2) is 0 Å². The molecule has 3 rings (SSSR count). The van der Waals surface area contributed by atoms with Gasteiger partial charge in [0.05, 0.1) is 6.26 Å². The molecule has 0 radical (unpaired) electrons. The highest BCUT2D eigenvalue weighted by Gasteiger charge is 2.04. The molecule has 1 heterocycles. The second-order valence-corrected chi connectivity index (χ2v) is 4.37. The maximum Gasteiger partial charge on any atom is 0.133 e. The van der Waals surface area contributed by atoms with Crippen molar-refractivity contribution in [1.82, 2.24) is 0 Å². The zero-order valence-electron chi connectivity index (χ0n) is 10.3. The van der Waals surface area contributed by atoms with Crippen LogP contribution in [0.4, 0.5) is 0 Å². The number of furan rings is 1.